The topological polar surface area (TPSA) is 118 Å². The van der Waals surface area contributed by atoms with Crippen molar-refractivity contribution in [3.05, 3.63) is 58.6 Å². The molecule has 1 aliphatic heterocycles. The Morgan fingerprint density at radius 3 is 2.47 bits per heavy atom. The largest absolute Gasteiger partial charge is 0.618 e. The van der Waals surface area contributed by atoms with E-state index in [-0.39, 0.29) is 16.0 Å². The molecule has 0 bridgehead atoms. The molecule has 1 aliphatic rings. The minimum Gasteiger partial charge on any atom is -0.618 e. The van der Waals surface area contributed by atoms with Gasteiger partial charge in [-0.05, 0) is 13.0 Å². The lowest BCUT2D eigenvalue weighted by Gasteiger charge is -2.32. The predicted octanol–water partition coefficient (Wildman–Crippen LogP) is 2.78. The monoisotopic (exact) mass is 489 g/mol. The van der Waals surface area contributed by atoms with Crippen LogP contribution in [0.3, 0.4) is 0 Å². The second kappa shape index (κ2) is 8.70. The van der Waals surface area contributed by atoms with E-state index in [1.807, 2.05) is 0 Å². The summed E-state index contributed by atoms with van der Waals surface area (Å²) in [6.07, 6.45) is -5.90. The molecule has 1 fully saturated rings. The molecule has 0 saturated carbocycles. The van der Waals surface area contributed by atoms with Gasteiger partial charge < -0.3 is 25.7 Å². The fourth-order valence-electron chi connectivity index (χ4n) is 4.00. The van der Waals surface area contributed by atoms with Crippen molar-refractivity contribution in [3.8, 4) is 5.75 Å². The Hall–Kier alpha value is -3.48. The number of carbonyl (C=O) groups is 2. The number of amides is 2. The van der Waals surface area contributed by atoms with Crippen LogP contribution in [0.25, 0.3) is 0 Å². The van der Waals surface area contributed by atoms with Gasteiger partial charge in [-0.25, -0.2) is 4.39 Å². The van der Waals surface area contributed by atoms with Gasteiger partial charge in [0.15, 0.2) is 23.4 Å². The molecule has 0 aliphatic carbocycles. The number of nitrogens with one attached hydrogen (secondary N) is 1. The number of halogens is 5. The lowest BCUT2D eigenvalue weighted by atomic mass is 9.77. The average molecular weight is 489 g/mol. The van der Waals surface area contributed by atoms with Crippen molar-refractivity contribution in [2.45, 2.75) is 37.6 Å². The zero-order valence-corrected chi connectivity index (χ0v) is 18.1. The van der Waals surface area contributed by atoms with Crippen LogP contribution in [0.5, 0.6) is 5.75 Å². The number of carbonyl (C=O) groups excluding carboxylic acids is 2. The third-order valence-electron chi connectivity index (χ3n) is 6.01. The summed E-state index contributed by atoms with van der Waals surface area (Å²) in [5.41, 5.74) is 1.40. The Bertz CT molecular complexity index is 1140. The number of pyridine rings is 1. The van der Waals surface area contributed by atoms with Gasteiger partial charge in [0.1, 0.15) is 6.10 Å². The van der Waals surface area contributed by atoms with Crippen molar-refractivity contribution in [1.82, 2.24) is 0 Å². The van der Waals surface area contributed by atoms with E-state index in [0.717, 1.165) is 38.4 Å². The van der Waals surface area contributed by atoms with Crippen LogP contribution < -0.4 is 20.5 Å². The first kappa shape index (κ1) is 25.1. The minimum absolute atomic E-state index is 0.126. The second-order valence-corrected chi connectivity index (χ2v) is 7.92. The molecule has 13 heteroatoms. The Morgan fingerprint density at radius 2 is 1.91 bits per heavy atom. The highest BCUT2D eigenvalue weighted by atomic mass is 19.4. The number of anilines is 1. The quantitative estimate of drug-likeness (QED) is 0.381. The summed E-state index contributed by atoms with van der Waals surface area (Å²) < 4.78 is 80.2. The van der Waals surface area contributed by atoms with Crippen molar-refractivity contribution in [2.24, 2.45) is 11.7 Å². The van der Waals surface area contributed by atoms with Crippen LogP contribution in [0.1, 0.15) is 35.8 Å². The van der Waals surface area contributed by atoms with Crippen LogP contribution in [0.4, 0.5) is 27.6 Å². The molecule has 4 atom stereocenters. The third kappa shape index (κ3) is 4.11. The van der Waals surface area contributed by atoms with E-state index in [9.17, 15) is 36.7 Å². The summed E-state index contributed by atoms with van der Waals surface area (Å²) in [4.78, 5) is 24.4. The zero-order valence-electron chi connectivity index (χ0n) is 18.1. The van der Waals surface area contributed by atoms with Gasteiger partial charge in [0.2, 0.25) is 5.82 Å². The summed E-state index contributed by atoms with van der Waals surface area (Å²) in [5.74, 6) is -8.43. The zero-order chi connectivity index (χ0) is 25.6. The third-order valence-corrected chi connectivity index (χ3v) is 6.01. The number of aromatic nitrogens is 1. The van der Waals surface area contributed by atoms with Gasteiger partial charge in [-0.15, -0.1) is 0 Å². The normalized spacial score (nSPS) is 24.6. The first-order chi connectivity index (χ1) is 15.7. The number of rotatable bonds is 5. The molecule has 2 amide bonds. The van der Waals surface area contributed by atoms with Crippen molar-refractivity contribution < 1.29 is 45.7 Å². The summed E-state index contributed by atoms with van der Waals surface area (Å²) >= 11 is 0. The Morgan fingerprint density at radius 1 is 1.26 bits per heavy atom. The Labute approximate surface area is 190 Å². The van der Waals surface area contributed by atoms with Crippen LogP contribution in [0, 0.1) is 22.8 Å². The molecule has 0 spiro atoms. The fourth-order valence-corrected chi connectivity index (χ4v) is 4.00. The van der Waals surface area contributed by atoms with Gasteiger partial charge in [-0.1, -0.05) is 13.0 Å². The molecule has 34 heavy (non-hydrogen) atoms. The molecule has 0 radical (unpaired) electrons. The molecule has 8 nitrogen and oxygen atoms in total. The van der Waals surface area contributed by atoms with Crippen LogP contribution in [-0.2, 0) is 9.53 Å². The first-order valence-corrected chi connectivity index (χ1v) is 9.83. The smallest absolute Gasteiger partial charge is 0.417 e. The van der Waals surface area contributed by atoms with Crippen molar-refractivity contribution in [2.75, 3.05) is 12.4 Å². The van der Waals surface area contributed by atoms with E-state index < -0.39 is 64.6 Å². The van der Waals surface area contributed by atoms with Gasteiger partial charge in [-0.2, -0.15) is 22.3 Å². The van der Waals surface area contributed by atoms with E-state index in [4.69, 9.17) is 15.2 Å². The van der Waals surface area contributed by atoms with Crippen molar-refractivity contribution >= 4 is 17.5 Å². The Balaban J connectivity index is 2.08. The van der Waals surface area contributed by atoms with Crippen LogP contribution in [-0.4, -0.2) is 36.8 Å². The summed E-state index contributed by atoms with van der Waals surface area (Å²) in [5, 5.41) is 13.9. The molecule has 2 aromatic rings. The van der Waals surface area contributed by atoms with Crippen molar-refractivity contribution in [1.29, 1.82) is 0 Å². The van der Waals surface area contributed by atoms with E-state index >= 15 is 0 Å². The van der Waals surface area contributed by atoms with Gasteiger partial charge in [0, 0.05) is 29.5 Å². The molecular formula is C21H20F5N3O5. The number of nitrogens with two attached hydrogens (primary N) is 1. The number of benzene rings is 1. The lowest BCUT2D eigenvalue weighted by Crippen LogP contribution is -2.47. The summed E-state index contributed by atoms with van der Waals surface area (Å²) in [6, 6.07) is 3.76. The maximum Gasteiger partial charge on any atom is 0.417 e. The van der Waals surface area contributed by atoms with Gasteiger partial charge in [-0.3, -0.25) is 9.59 Å². The summed E-state index contributed by atoms with van der Waals surface area (Å²) in [7, 11) is 1.01. The number of primary amides is 1. The minimum atomic E-state index is -4.93. The Kier molecular flexibility index (Phi) is 6.44. The van der Waals surface area contributed by atoms with Crippen LogP contribution >= 0.6 is 0 Å². The highest BCUT2D eigenvalue weighted by Crippen LogP contribution is 2.55. The van der Waals surface area contributed by atoms with Gasteiger partial charge in [0.05, 0.1) is 12.8 Å². The van der Waals surface area contributed by atoms with Crippen LogP contribution in [0.15, 0.2) is 30.5 Å². The fraction of sp³-hybridized carbons (Fsp3) is 0.381. The van der Waals surface area contributed by atoms with E-state index in [2.05, 4.69) is 5.32 Å². The number of methoxy groups -OCH3 is 1. The second-order valence-electron chi connectivity index (χ2n) is 7.92. The molecule has 184 valence electrons. The van der Waals surface area contributed by atoms with E-state index in [0.29, 0.717) is 6.07 Å². The SMILES string of the molecule is COc1c([C@@H]2[C@@H](C(=O)Nc3cc[n+]([O-])c(C(N)=O)c3)O[C@@](C)(C(F)(F)F)[C@H]2C)ccc(F)c1F. The average Bonchev–Trinajstić information content (AvgIpc) is 3.03. The number of hydrogen-bond donors (Lipinski definition) is 2. The molecule has 1 aromatic heterocycles. The van der Waals surface area contributed by atoms with Gasteiger partial charge in [0.25, 0.3) is 11.6 Å². The first-order valence-electron chi connectivity index (χ1n) is 9.83. The molecule has 3 rings (SSSR count). The lowest BCUT2D eigenvalue weighted by molar-refractivity contribution is -0.607. The molecule has 1 aromatic carbocycles. The molecule has 0 unspecified atom stereocenters. The van der Waals surface area contributed by atoms with E-state index in [1.54, 1.807) is 0 Å². The molecule has 3 N–H and O–H groups in total. The molecular weight excluding hydrogens is 469 g/mol. The predicted molar refractivity (Wildman–Crippen MR) is 107 cm³/mol. The number of nitrogens with zero attached hydrogens (tertiary/aromatic N) is 1. The number of ether oxygens (including phenoxy) is 2. The highest BCUT2D eigenvalue weighted by Gasteiger charge is 2.65. The standard InChI is InChI=1S/C21H20F5N3O5/c1-9-14(11-4-5-12(22)15(23)16(11)33-3)17(34-20(9,2)21(24,25)26)19(31)28-10-6-7-29(32)13(8-10)18(27)30/h4-9,14,17H,1-3H3,(H2,27,30)(H,28,31)/t9-,14+,17-,20+/m0/s1. The van der Waals surface area contributed by atoms with E-state index in [1.165, 1.54) is 6.92 Å². The maximum absolute atomic E-state index is 14.4. The highest BCUT2D eigenvalue weighted by molar-refractivity contribution is 5.97. The number of alkyl halides is 3. The summed E-state index contributed by atoms with van der Waals surface area (Å²) in [6.45, 7) is 1.92. The number of hydrogen-bond acceptors (Lipinski definition) is 5. The van der Waals surface area contributed by atoms with Crippen molar-refractivity contribution in [3.63, 3.8) is 0 Å². The molecule has 1 saturated heterocycles. The maximum atomic E-state index is 14.4. The van der Waals surface area contributed by atoms with Gasteiger partial charge >= 0.3 is 12.1 Å². The molecule has 2 heterocycles. The van der Waals surface area contributed by atoms with Crippen LogP contribution in [0.2, 0.25) is 0 Å².